The molecule has 0 aliphatic carbocycles. The van der Waals surface area contributed by atoms with Crippen LogP contribution in [0.4, 0.5) is 4.39 Å². The highest BCUT2D eigenvalue weighted by atomic mass is 19.1. The number of ether oxygens (including phenoxy) is 1. The number of aliphatic hydroxyl groups is 1. The minimum absolute atomic E-state index is 0.0531. The van der Waals surface area contributed by atoms with Crippen LogP contribution in [-0.2, 0) is 11.3 Å². The lowest BCUT2D eigenvalue weighted by molar-refractivity contribution is 0.122. The second-order valence-corrected chi connectivity index (χ2v) is 4.16. The van der Waals surface area contributed by atoms with Gasteiger partial charge in [0.1, 0.15) is 5.82 Å². The van der Waals surface area contributed by atoms with Gasteiger partial charge in [0, 0.05) is 6.54 Å². The number of nitrogens with one attached hydrogen (secondary N) is 1. The van der Waals surface area contributed by atoms with Gasteiger partial charge in [-0.3, -0.25) is 0 Å². The van der Waals surface area contributed by atoms with E-state index in [1.165, 1.54) is 12.1 Å². The molecule has 1 aliphatic rings. The minimum Gasteiger partial charge on any atom is -0.389 e. The Kier molecular flexibility index (Phi) is 3.53. The molecule has 2 rings (SSSR count). The molecular weight excluding hydrogens is 209 g/mol. The molecule has 1 aromatic carbocycles. The average Bonchev–Trinajstić information content (AvgIpc) is 2.66. The fraction of sp³-hybridized carbons (Fsp3) is 0.500. The van der Waals surface area contributed by atoms with Crippen LogP contribution in [0.2, 0.25) is 0 Å². The van der Waals surface area contributed by atoms with Crippen LogP contribution in [0.5, 0.6) is 0 Å². The summed E-state index contributed by atoms with van der Waals surface area (Å²) in [7, 11) is 0. The van der Waals surface area contributed by atoms with Crippen molar-refractivity contribution in [3.05, 3.63) is 35.1 Å². The van der Waals surface area contributed by atoms with Crippen molar-refractivity contribution in [3.63, 3.8) is 0 Å². The lowest BCUT2D eigenvalue weighted by Crippen LogP contribution is -2.38. The predicted molar refractivity (Wildman–Crippen MR) is 58.6 cm³/mol. The summed E-state index contributed by atoms with van der Waals surface area (Å²) in [6.07, 6.45) is -0.464. The Balaban J connectivity index is 1.96. The Bertz CT molecular complexity index is 370. The molecule has 16 heavy (non-hydrogen) atoms. The van der Waals surface area contributed by atoms with E-state index in [4.69, 9.17) is 4.74 Å². The van der Waals surface area contributed by atoms with Gasteiger partial charge in [0.05, 0.1) is 25.4 Å². The van der Waals surface area contributed by atoms with Gasteiger partial charge in [-0.25, -0.2) is 4.39 Å². The molecule has 2 N–H and O–H groups in total. The van der Waals surface area contributed by atoms with E-state index < -0.39 is 6.10 Å². The quantitative estimate of drug-likeness (QED) is 0.806. The molecule has 2 atom stereocenters. The third kappa shape index (κ3) is 2.58. The number of hydrogen-bond acceptors (Lipinski definition) is 3. The van der Waals surface area contributed by atoms with Gasteiger partial charge in [-0.2, -0.15) is 0 Å². The number of benzene rings is 1. The van der Waals surface area contributed by atoms with Crippen molar-refractivity contribution in [1.29, 1.82) is 0 Å². The second-order valence-electron chi connectivity index (χ2n) is 4.16. The van der Waals surface area contributed by atoms with Crippen LogP contribution in [-0.4, -0.2) is 30.5 Å². The van der Waals surface area contributed by atoms with Crippen molar-refractivity contribution in [1.82, 2.24) is 5.32 Å². The molecule has 0 radical (unpaired) electrons. The zero-order valence-electron chi connectivity index (χ0n) is 9.24. The minimum atomic E-state index is -0.464. The zero-order chi connectivity index (χ0) is 11.5. The SMILES string of the molecule is Cc1ccc(F)cc1CN[C@H]1COC[C@@H]1O. The van der Waals surface area contributed by atoms with Crippen molar-refractivity contribution >= 4 is 0 Å². The van der Waals surface area contributed by atoms with E-state index in [9.17, 15) is 9.50 Å². The molecule has 4 heteroatoms. The molecule has 1 fully saturated rings. The third-order valence-electron chi connectivity index (χ3n) is 2.92. The van der Waals surface area contributed by atoms with Crippen molar-refractivity contribution in [2.45, 2.75) is 25.6 Å². The van der Waals surface area contributed by atoms with Crippen LogP contribution < -0.4 is 5.32 Å². The highest BCUT2D eigenvalue weighted by Gasteiger charge is 2.25. The summed E-state index contributed by atoms with van der Waals surface area (Å²) in [4.78, 5) is 0. The molecule has 3 nitrogen and oxygen atoms in total. The fourth-order valence-corrected chi connectivity index (χ4v) is 1.81. The lowest BCUT2D eigenvalue weighted by atomic mass is 10.1. The molecular formula is C12H16FNO2. The lowest BCUT2D eigenvalue weighted by Gasteiger charge is -2.15. The summed E-state index contributed by atoms with van der Waals surface area (Å²) in [5.41, 5.74) is 1.96. The van der Waals surface area contributed by atoms with Gasteiger partial charge in [-0.15, -0.1) is 0 Å². The summed E-state index contributed by atoms with van der Waals surface area (Å²) < 4.78 is 18.1. The summed E-state index contributed by atoms with van der Waals surface area (Å²) >= 11 is 0. The highest BCUT2D eigenvalue weighted by molar-refractivity contribution is 5.26. The van der Waals surface area contributed by atoms with Gasteiger partial charge in [0.15, 0.2) is 0 Å². The molecule has 0 bridgehead atoms. The Morgan fingerprint density at radius 1 is 1.50 bits per heavy atom. The van der Waals surface area contributed by atoms with Crippen LogP contribution >= 0.6 is 0 Å². The van der Waals surface area contributed by atoms with Gasteiger partial charge in [0.25, 0.3) is 0 Å². The third-order valence-corrected chi connectivity index (χ3v) is 2.92. The summed E-state index contributed by atoms with van der Waals surface area (Å²) in [5.74, 6) is -0.231. The van der Waals surface area contributed by atoms with E-state index in [1.807, 2.05) is 6.92 Å². The normalized spacial score (nSPS) is 24.9. The Morgan fingerprint density at radius 3 is 3.00 bits per heavy atom. The summed E-state index contributed by atoms with van der Waals surface area (Å²) in [5, 5.41) is 12.7. The largest absolute Gasteiger partial charge is 0.389 e. The van der Waals surface area contributed by atoms with Crippen LogP contribution in [0, 0.1) is 12.7 Å². The highest BCUT2D eigenvalue weighted by Crippen LogP contribution is 2.12. The molecule has 1 aliphatic heterocycles. The molecule has 0 amide bonds. The summed E-state index contributed by atoms with van der Waals surface area (Å²) in [6, 6.07) is 4.67. The van der Waals surface area contributed by atoms with E-state index in [-0.39, 0.29) is 11.9 Å². The topological polar surface area (TPSA) is 41.5 Å². The molecule has 88 valence electrons. The van der Waals surface area contributed by atoms with Crippen molar-refractivity contribution in [3.8, 4) is 0 Å². The number of rotatable bonds is 3. The van der Waals surface area contributed by atoms with E-state index in [0.717, 1.165) is 11.1 Å². The van der Waals surface area contributed by atoms with Gasteiger partial charge in [0.2, 0.25) is 0 Å². The van der Waals surface area contributed by atoms with E-state index >= 15 is 0 Å². The number of halogens is 1. The first-order valence-corrected chi connectivity index (χ1v) is 5.41. The van der Waals surface area contributed by atoms with Crippen LogP contribution in [0.1, 0.15) is 11.1 Å². The van der Waals surface area contributed by atoms with Crippen LogP contribution in [0.25, 0.3) is 0 Å². The van der Waals surface area contributed by atoms with E-state index in [2.05, 4.69) is 5.32 Å². The van der Waals surface area contributed by atoms with Gasteiger partial charge in [-0.05, 0) is 30.2 Å². The first-order valence-electron chi connectivity index (χ1n) is 5.41. The Labute approximate surface area is 94.2 Å². The Hall–Kier alpha value is -0.970. The van der Waals surface area contributed by atoms with Crippen molar-refractivity contribution in [2.24, 2.45) is 0 Å². The van der Waals surface area contributed by atoms with Crippen molar-refractivity contribution in [2.75, 3.05) is 13.2 Å². The Morgan fingerprint density at radius 2 is 2.31 bits per heavy atom. The van der Waals surface area contributed by atoms with Crippen LogP contribution in [0.3, 0.4) is 0 Å². The molecule has 0 aromatic heterocycles. The maximum absolute atomic E-state index is 13.0. The van der Waals surface area contributed by atoms with E-state index in [1.54, 1.807) is 6.07 Å². The fourth-order valence-electron chi connectivity index (χ4n) is 1.81. The molecule has 0 spiro atoms. The zero-order valence-corrected chi connectivity index (χ0v) is 9.24. The smallest absolute Gasteiger partial charge is 0.123 e. The molecule has 0 saturated carbocycles. The van der Waals surface area contributed by atoms with Crippen molar-refractivity contribution < 1.29 is 14.2 Å². The number of aliphatic hydroxyl groups excluding tert-OH is 1. The molecule has 1 heterocycles. The number of hydrogen-bond donors (Lipinski definition) is 2. The number of aryl methyl sites for hydroxylation is 1. The van der Waals surface area contributed by atoms with Gasteiger partial charge in [-0.1, -0.05) is 6.07 Å². The van der Waals surface area contributed by atoms with Gasteiger partial charge >= 0.3 is 0 Å². The first-order chi connectivity index (χ1) is 7.66. The van der Waals surface area contributed by atoms with Crippen LogP contribution in [0.15, 0.2) is 18.2 Å². The maximum Gasteiger partial charge on any atom is 0.123 e. The average molecular weight is 225 g/mol. The predicted octanol–water partition coefficient (Wildman–Crippen LogP) is 0.983. The standard InChI is InChI=1S/C12H16FNO2/c1-8-2-3-10(13)4-9(8)5-14-11-6-16-7-12(11)15/h2-4,11-12,14-15H,5-7H2,1H3/t11-,12-/m0/s1. The maximum atomic E-state index is 13.0. The summed E-state index contributed by atoms with van der Waals surface area (Å²) in [6.45, 7) is 3.38. The second kappa shape index (κ2) is 4.91. The monoisotopic (exact) mass is 225 g/mol. The molecule has 1 saturated heterocycles. The van der Waals surface area contributed by atoms with E-state index in [0.29, 0.717) is 19.8 Å². The van der Waals surface area contributed by atoms with Gasteiger partial charge < -0.3 is 15.2 Å². The molecule has 1 aromatic rings. The first kappa shape index (κ1) is 11.5. The molecule has 0 unspecified atom stereocenters.